The number of aromatic nitrogens is 4. The lowest BCUT2D eigenvalue weighted by Gasteiger charge is -2.23. The number of benzene rings is 1. The van der Waals surface area contributed by atoms with Crippen LogP contribution in [0.2, 0.25) is 0 Å². The van der Waals surface area contributed by atoms with Crippen LogP contribution in [0.5, 0.6) is 11.5 Å². The number of nitrogens with one attached hydrogen (secondary N) is 1. The molecule has 9 heteroatoms. The molecule has 0 aliphatic carbocycles. The Morgan fingerprint density at radius 3 is 2.92 bits per heavy atom. The van der Waals surface area contributed by atoms with Crippen LogP contribution in [0, 0.1) is 0 Å². The highest BCUT2D eigenvalue weighted by atomic mass is 32.2. The van der Waals surface area contributed by atoms with E-state index in [0.717, 1.165) is 25.9 Å². The van der Waals surface area contributed by atoms with Gasteiger partial charge in [0.15, 0.2) is 22.1 Å². The normalized spacial score (nSPS) is 17.5. The fourth-order valence-electron chi connectivity index (χ4n) is 2.98. The summed E-state index contributed by atoms with van der Waals surface area (Å²) in [4.78, 5) is 13.5. The van der Waals surface area contributed by atoms with E-state index in [4.69, 9.17) is 4.74 Å². The standard InChI is InChI=1S/C17H19N5O3S/c1-26-17-20-15(19-11-8-10(23)5-6-12(11)24)14-16(21-17)22(9-18-14)13-4-2-3-7-25-13/h5-6,8-9,13,23-24H,2-4,7H2,1H3,(H,19,20,21). The molecular formula is C17H19N5O3S. The number of ether oxygens (including phenoxy) is 1. The molecule has 26 heavy (non-hydrogen) atoms. The van der Waals surface area contributed by atoms with Crippen LogP contribution < -0.4 is 5.32 Å². The Bertz CT molecular complexity index is 940. The Morgan fingerprint density at radius 1 is 1.27 bits per heavy atom. The van der Waals surface area contributed by atoms with Crippen molar-refractivity contribution in [1.82, 2.24) is 19.5 Å². The van der Waals surface area contributed by atoms with Gasteiger partial charge in [0.25, 0.3) is 0 Å². The molecule has 1 atom stereocenters. The molecule has 1 unspecified atom stereocenters. The first-order chi connectivity index (χ1) is 12.7. The number of phenols is 2. The number of hydrogen-bond acceptors (Lipinski definition) is 8. The number of anilines is 2. The lowest BCUT2D eigenvalue weighted by Crippen LogP contribution is -2.17. The third kappa shape index (κ3) is 3.15. The molecule has 0 bridgehead atoms. The van der Waals surface area contributed by atoms with Crippen LogP contribution in [0.1, 0.15) is 25.5 Å². The second-order valence-corrected chi connectivity index (χ2v) is 6.80. The Balaban J connectivity index is 1.79. The van der Waals surface area contributed by atoms with Crippen LogP contribution in [0.15, 0.2) is 29.7 Å². The number of imidazole rings is 1. The maximum absolute atomic E-state index is 10.0. The lowest BCUT2D eigenvalue weighted by molar-refractivity contribution is -0.0298. The van der Waals surface area contributed by atoms with Crippen molar-refractivity contribution in [2.24, 2.45) is 0 Å². The molecule has 1 fully saturated rings. The zero-order chi connectivity index (χ0) is 18.1. The second-order valence-electron chi connectivity index (χ2n) is 6.03. The van der Waals surface area contributed by atoms with Crippen molar-refractivity contribution in [2.75, 3.05) is 18.2 Å². The zero-order valence-electron chi connectivity index (χ0n) is 14.2. The molecule has 1 aliphatic heterocycles. The summed E-state index contributed by atoms with van der Waals surface area (Å²) < 4.78 is 7.79. The summed E-state index contributed by atoms with van der Waals surface area (Å²) in [6.45, 7) is 0.729. The number of rotatable bonds is 4. The number of nitrogens with zero attached hydrogens (tertiary/aromatic N) is 4. The molecule has 0 amide bonds. The van der Waals surface area contributed by atoms with Gasteiger partial charge in [0, 0.05) is 12.7 Å². The lowest BCUT2D eigenvalue weighted by atomic mass is 10.2. The maximum atomic E-state index is 10.0. The quantitative estimate of drug-likeness (QED) is 0.277. The third-order valence-corrected chi connectivity index (χ3v) is 4.83. The van der Waals surface area contributed by atoms with Gasteiger partial charge in [-0.1, -0.05) is 11.8 Å². The second kappa shape index (κ2) is 7.00. The SMILES string of the molecule is CSc1nc(Nc2cc(O)ccc2O)c2ncn(C3CCCCO3)c2n1. The first kappa shape index (κ1) is 16.9. The van der Waals surface area contributed by atoms with Crippen LogP contribution >= 0.6 is 11.8 Å². The topological polar surface area (TPSA) is 105 Å². The molecule has 0 radical (unpaired) electrons. The Morgan fingerprint density at radius 2 is 2.15 bits per heavy atom. The number of fused-ring (bicyclic) bond motifs is 1. The van der Waals surface area contributed by atoms with Gasteiger partial charge < -0.3 is 20.3 Å². The van der Waals surface area contributed by atoms with E-state index < -0.39 is 0 Å². The zero-order valence-corrected chi connectivity index (χ0v) is 15.0. The average Bonchev–Trinajstić information content (AvgIpc) is 3.09. The largest absolute Gasteiger partial charge is 0.508 e. The molecule has 136 valence electrons. The summed E-state index contributed by atoms with van der Waals surface area (Å²) in [6.07, 6.45) is 6.62. The van der Waals surface area contributed by atoms with Gasteiger partial charge in [-0.2, -0.15) is 0 Å². The molecule has 0 saturated carbocycles. The number of aromatic hydroxyl groups is 2. The molecule has 8 nitrogen and oxygen atoms in total. The molecule has 0 spiro atoms. The monoisotopic (exact) mass is 373 g/mol. The van der Waals surface area contributed by atoms with Crippen molar-refractivity contribution in [1.29, 1.82) is 0 Å². The summed E-state index contributed by atoms with van der Waals surface area (Å²) >= 11 is 1.42. The molecule has 3 aromatic rings. The molecular weight excluding hydrogens is 354 g/mol. The van der Waals surface area contributed by atoms with Crippen molar-refractivity contribution in [2.45, 2.75) is 30.6 Å². The van der Waals surface area contributed by atoms with Crippen LogP contribution in [0.4, 0.5) is 11.5 Å². The van der Waals surface area contributed by atoms with Crippen molar-refractivity contribution in [3.8, 4) is 11.5 Å². The van der Waals surface area contributed by atoms with Gasteiger partial charge in [0.05, 0.1) is 12.0 Å². The number of hydrogen-bond donors (Lipinski definition) is 3. The Kier molecular flexibility index (Phi) is 4.56. The van der Waals surface area contributed by atoms with Crippen molar-refractivity contribution in [3.05, 3.63) is 24.5 Å². The van der Waals surface area contributed by atoms with Gasteiger partial charge >= 0.3 is 0 Å². The summed E-state index contributed by atoms with van der Waals surface area (Å²) in [5.74, 6) is 0.520. The minimum atomic E-state index is -0.0830. The number of phenolic OH excluding ortho intramolecular Hbond substituents is 2. The van der Waals surface area contributed by atoms with Gasteiger partial charge in [-0.25, -0.2) is 15.0 Å². The van der Waals surface area contributed by atoms with E-state index in [-0.39, 0.29) is 17.7 Å². The summed E-state index contributed by atoms with van der Waals surface area (Å²) in [6, 6.07) is 4.27. The maximum Gasteiger partial charge on any atom is 0.191 e. The molecule has 3 heterocycles. The van der Waals surface area contributed by atoms with Crippen LogP contribution in [0.3, 0.4) is 0 Å². The highest BCUT2D eigenvalue weighted by Crippen LogP contribution is 2.33. The highest BCUT2D eigenvalue weighted by molar-refractivity contribution is 7.98. The number of thioether (sulfide) groups is 1. The van der Waals surface area contributed by atoms with Crippen molar-refractivity contribution < 1.29 is 14.9 Å². The summed E-state index contributed by atoms with van der Waals surface area (Å²) in [5, 5.41) is 23.4. The molecule has 1 saturated heterocycles. The molecule has 4 rings (SSSR count). The van der Waals surface area contributed by atoms with Crippen LogP contribution in [-0.4, -0.2) is 42.6 Å². The van der Waals surface area contributed by atoms with Crippen LogP contribution in [0.25, 0.3) is 11.2 Å². The Labute approximate surface area is 154 Å². The van der Waals surface area contributed by atoms with E-state index in [1.54, 1.807) is 6.33 Å². The van der Waals surface area contributed by atoms with Crippen molar-refractivity contribution >= 4 is 34.4 Å². The molecule has 2 aromatic heterocycles. The first-order valence-electron chi connectivity index (χ1n) is 8.35. The van der Waals surface area contributed by atoms with E-state index in [2.05, 4.69) is 20.3 Å². The van der Waals surface area contributed by atoms with E-state index in [1.807, 2.05) is 10.8 Å². The smallest absolute Gasteiger partial charge is 0.191 e. The molecule has 1 aromatic carbocycles. The molecule has 3 N–H and O–H groups in total. The van der Waals surface area contributed by atoms with E-state index in [0.29, 0.717) is 27.8 Å². The fraction of sp³-hybridized carbons (Fsp3) is 0.353. The summed E-state index contributed by atoms with van der Waals surface area (Å²) in [7, 11) is 0. The summed E-state index contributed by atoms with van der Waals surface area (Å²) in [5.41, 5.74) is 1.61. The van der Waals surface area contributed by atoms with Gasteiger partial charge in [0.2, 0.25) is 0 Å². The highest BCUT2D eigenvalue weighted by Gasteiger charge is 2.21. The first-order valence-corrected chi connectivity index (χ1v) is 9.57. The van der Waals surface area contributed by atoms with Crippen molar-refractivity contribution in [3.63, 3.8) is 0 Å². The Hall–Kier alpha value is -2.52. The van der Waals surface area contributed by atoms with Gasteiger partial charge in [-0.05, 0) is 37.7 Å². The van der Waals surface area contributed by atoms with Gasteiger partial charge in [0.1, 0.15) is 17.7 Å². The van der Waals surface area contributed by atoms with Gasteiger partial charge in [-0.3, -0.25) is 4.57 Å². The predicted octanol–water partition coefficient (Wildman–Crippen LogP) is 3.40. The fourth-order valence-corrected chi connectivity index (χ4v) is 3.34. The van der Waals surface area contributed by atoms with E-state index >= 15 is 0 Å². The minimum Gasteiger partial charge on any atom is -0.508 e. The third-order valence-electron chi connectivity index (χ3n) is 4.28. The average molecular weight is 373 g/mol. The van der Waals surface area contributed by atoms with E-state index in [1.165, 1.54) is 30.0 Å². The van der Waals surface area contributed by atoms with Gasteiger partial charge in [-0.15, -0.1) is 0 Å². The molecule has 1 aliphatic rings. The van der Waals surface area contributed by atoms with E-state index in [9.17, 15) is 10.2 Å². The van der Waals surface area contributed by atoms with Crippen LogP contribution in [-0.2, 0) is 4.74 Å². The minimum absolute atomic E-state index is 0.00955. The predicted molar refractivity (Wildman–Crippen MR) is 99.0 cm³/mol.